The number of hydrogen-bond acceptors (Lipinski definition) is 2. The molecular formula is C21H24BrFN2O2. The smallest absolute Gasteiger partial charge is 0.242 e. The molecule has 0 heterocycles. The lowest BCUT2D eigenvalue weighted by Crippen LogP contribution is -2.49. The summed E-state index contributed by atoms with van der Waals surface area (Å²) in [5.74, 6) is -0.729. The van der Waals surface area contributed by atoms with Crippen LogP contribution in [0.2, 0.25) is 0 Å². The van der Waals surface area contributed by atoms with Gasteiger partial charge >= 0.3 is 0 Å². The summed E-state index contributed by atoms with van der Waals surface area (Å²) in [5.41, 5.74) is 1.63. The summed E-state index contributed by atoms with van der Waals surface area (Å²) in [6, 6.07) is 12.8. The highest BCUT2D eigenvalue weighted by atomic mass is 79.9. The number of rotatable bonds is 7. The molecule has 2 amide bonds. The minimum absolute atomic E-state index is 0.0123. The van der Waals surface area contributed by atoms with Gasteiger partial charge in [-0.05, 0) is 56.2 Å². The Hall–Kier alpha value is -2.21. The molecule has 1 atom stereocenters. The van der Waals surface area contributed by atoms with Crippen LogP contribution < -0.4 is 5.32 Å². The normalized spacial score (nSPS) is 11.9. The van der Waals surface area contributed by atoms with Gasteiger partial charge in [-0.15, -0.1) is 0 Å². The van der Waals surface area contributed by atoms with Crippen molar-refractivity contribution in [3.63, 3.8) is 0 Å². The van der Waals surface area contributed by atoms with Crippen LogP contribution in [0.1, 0.15) is 31.9 Å². The van der Waals surface area contributed by atoms with Crippen LogP contribution >= 0.6 is 15.9 Å². The number of nitrogens with one attached hydrogen (secondary N) is 1. The second-order valence-corrected chi connectivity index (χ2v) is 7.71. The number of amides is 2. The van der Waals surface area contributed by atoms with E-state index in [0.29, 0.717) is 12.1 Å². The topological polar surface area (TPSA) is 49.4 Å². The summed E-state index contributed by atoms with van der Waals surface area (Å²) in [4.78, 5) is 27.0. The lowest BCUT2D eigenvalue weighted by atomic mass is 10.1. The summed E-state index contributed by atoms with van der Waals surface area (Å²) in [5, 5.41) is 2.85. The third kappa shape index (κ3) is 6.47. The molecule has 0 saturated carbocycles. The lowest BCUT2D eigenvalue weighted by molar-refractivity contribution is -0.140. The summed E-state index contributed by atoms with van der Waals surface area (Å²) >= 11 is 3.39. The maximum absolute atomic E-state index is 13.1. The van der Waals surface area contributed by atoms with E-state index in [0.717, 1.165) is 10.0 Å². The molecule has 0 fully saturated rings. The average molecular weight is 435 g/mol. The first-order chi connectivity index (χ1) is 12.8. The number of halogens is 2. The monoisotopic (exact) mass is 434 g/mol. The van der Waals surface area contributed by atoms with E-state index in [-0.39, 0.29) is 30.1 Å². The predicted octanol–water partition coefficient (Wildman–Crippen LogP) is 4.07. The van der Waals surface area contributed by atoms with Crippen molar-refractivity contribution < 1.29 is 14.0 Å². The fourth-order valence-corrected chi connectivity index (χ4v) is 2.92. The minimum Gasteiger partial charge on any atom is -0.352 e. The van der Waals surface area contributed by atoms with E-state index < -0.39 is 6.04 Å². The standard InChI is InChI=1S/C21H24BrFN2O2/c1-14(2)24-21(27)15(3)25(13-17-4-8-18(22)9-5-17)20(26)12-16-6-10-19(23)11-7-16/h4-11,14-15H,12-13H2,1-3H3,(H,24,27)/t15-/m1/s1. The molecule has 4 nitrogen and oxygen atoms in total. The molecular weight excluding hydrogens is 411 g/mol. The highest BCUT2D eigenvalue weighted by molar-refractivity contribution is 9.10. The van der Waals surface area contributed by atoms with Crippen molar-refractivity contribution >= 4 is 27.7 Å². The number of nitrogens with zero attached hydrogens (tertiary/aromatic N) is 1. The van der Waals surface area contributed by atoms with Gasteiger partial charge in [0.15, 0.2) is 0 Å². The molecule has 27 heavy (non-hydrogen) atoms. The molecule has 0 aliphatic carbocycles. The predicted molar refractivity (Wildman–Crippen MR) is 108 cm³/mol. The molecule has 2 aromatic rings. The van der Waals surface area contributed by atoms with Crippen molar-refractivity contribution in [2.45, 2.75) is 45.8 Å². The summed E-state index contributed by atoms with van der Waals surface area (Å²) in [6.07, 6.45) is 0.107. The Kier molecular flexibility index (Phi) is 7.54. The zero-order valence-corrected chi connectivity index (χ0v) is 17.3. The van der Waals surface area contributed by atoms with Gasteiger partial charge in [0.05, 0.1) is 6.42 Å². The van der Waals surface area contributed by atoms with Crippen molar-refractivity contribution in [3.8, 4) is 0 Å². The SMILES string of the molecule is CC(C)NC(=O)[C@@H](C)N(Cc1ccc(Br)cc1)C(=O)Cc1ccc(F)cc1. The largest absolute Gasteiger partial charge is 0.352 e. The molecule has 0 aromatic heterocycles. The van der Waals surface area contributed by atoms with Crippen LogP contribution in [0.4, 0.5) is 4.39 Å². The van der Waals surface area contributed by atoms with Crippen LogP contribution in [0.15, 0.2) is 53.0 Å². The number of hydrogen-bond donors (Lipinski definition) is 1. The Labute approximate surface area is 167 Å². The maximum atomic E-state index is 13.1. The zero-order chi connectivity index (χ0) is 20.0. The maximum Gasteiger partial charge on any atom is 0.242 e. The van der Waals surface area contributed by atoms with Gasteiger partial charge in [0.25, 0.3) is 0 Å². The quantitative estimate of drug-likeness (QED) is 0.713. The van der Waals surface area contributed by atoms with E-state index in [4.69, 9.17) is 0 Å². The second kappa shape index (κ2) is 9.65. The highest BCUT2D eigenvalue weighted by Crippen LogP contribution is 2.16. The zero-order valence-electron chi connectivity index (χ0n) is 15.7. The van der Waals surface area contributed by atoms with E-state index in [9.17, 15) is 14.0 Å². The molecule has 0 aliphatic rings. The number of benzene rings is 2. The van der Waals surface area contributed by atoms with E-state index in [1.807, 2.05) is 38.1 Å². The lowest BCUT2D eigenvalue weighted by Gasteiger charge is -2.29. The van der Waals surface area contributed by atoms with Crippen LogP contribution in [0.25, 0.3) is 0 Å². The van der Waals surface area contributed by atoms with Crippen LogP contribution in [-0.2, 0) is 22.6 Å². The van der Waals surface area contributed by atoms with Gasteiger partial charge in [-0.2, -0.15) is 0 Å². The molecule has 6 heteroatoms. The highest BCUT2D eigenvalue weighted by Gasteiger charge is 2.26. The first-order valence-corrected chi connectivity index (χ1v) is 9.64. The Morgan fingerprint density at radius 1 is 1.00 bits per heavy atom. The summed E-state index contributed by atoms with van der Waals surface area (Å²) in [6.45, 7) is 5.80. The first-order valence-electron chi connectivity index (χ1n) is 8.85. The van der Waals surface area contributed by atoms with E-state index in [1.54, 1.807) is 24.0 Å². The van der Waals surface area contributed by atoms with Gasteiger partial charge in [0.1, 0.15) is 11.9 Å². The van der Waals surface area contributed by atoms with Crippen LogP contribution in [-0.4, -0.2) is 28.8 Å². The first kappa shape index (κ1) is 21.1. The Bertz CT molecular complexity index is 776. The van der Waals surface area contributed by atoms with E-state index in [2.05, 4.69) is 21.2 Å². The van der Waals surface area contributed by atoms with E-state index in [1.165, 1.54) is 12.1 Å². The minimum atomic E-state index is -0.621. The molecule has 0 radical (unpaired) electrons. The van der Waals surface area contributed by atoms with Crippen molar-refractivity contribution in [1.29, 1.82) is 0 Å². The summed E-state index contributed by atoms with van der Waals surface area (Å²) in [7, 11) is 0. The van der Waals surface area contributed by atoms with Crippen molar-refractivity contribution in [3.05, 3.63) is 69.9 Å². The van der Waals surface area contributed by atoms with Crippen molar-refractivity contribution in [2.24, 2.45) is 0 Å². The molecule has 0 unspecified atom stereocenters. The van der Waals surface area contributed by atoms with Crippen LogP contribution in [0, 0.1) is 5.82 Å². The van der Waals surface area contributed by atoms with Gasteiger partial charge < -0.3 is 10.2 Å². The van der Waals surface area contributed by atoms with Crippen LogP contribution in [0.3, 0.4) is 0 Å². The fraction of sp³-hybridized carbons (Fsp3) is 0.333. The third-order valence-electron chi connectivity index (χ3n) is 4.13. The summed E-state index contributed by atoms with van der Waals surface area (Å²) < 4.78 is 14.1. The average Bonchev–Trinajstić information content (AvgIpc) is 2.62. The molecule has 0 spiro atoms. The molecule has 2 rings (SSSR count). The van der Waals surface area contributed by atoms with Gasteiger partial charge in [-0.25, -0.2) is 4.39 Å². The molecule has 0 aliphatic heterocycles. The van der Waals surface area contributed by atoms with Gasteiger partial charge in [0, 0.05) is 17.1 Å². The fourth-order valence-electron chi connectivity index (χ4n) is 2.65. The third-order valence-corrected chi connectivity index (χ3v) is 4.66. The molecule has 0 bridgehead atoms. The molecule has 1 N–H and O–H groups in total. The Balaban J connectivity index is 2.21. The Morgan fingerprint density at radius 3 is 2.11 bits per heavy atom. The molecule has 2 aromatic carbocycles. The second-order valence-electron chi connectivity index (χ2n) is 6.79. The van der Waals surface area contributed by atoms with Gasteiger partial charge in [0.2, 0.25) is 11.8 Å². The molecule has 0 saturated heterocycles. The van der Waals surface area contributed by atoms with Crippen molar-refractivity contribution in [1.82, 2.24) is 10.2 Å². The number of carbonyl (C=O) groups is 2. The van der Waals surface area contributed by atoms with E-state index >= 15 is 0 Å². The van der Waals surface area contributed by atoms with Gasteiger partial charge in [-0.3, -0.25) is 9.59 Å². The number of carbonyl (C=O) groups excluding carboxylic acids is 2. The molecule has 144 valence electrons. The Morgan fingerprint density at radius 2 is 1.56 bits per heavy atom. The van der Waals surface area contributed by atoms with Crippen molar-refractivity contribution in [2.75, 3.05) is 0 Å². The van der Waals surface area contributed by atoms with Gasteiger partial charge in [-0.1, -0.05) is 40.2 Å². The van der Waals surface area contributed by atoms with Crippen LogP contribution in [0.5, 0.6) is 0 Å².